The molecule has 13 nitrogen and oxygen atoms in total. The molecule has 37 heavy (non-hydrogen) atoms. The van der Waals surface area contributed by atoms with Crippen molar-refractivity contribution >= 4 is 34.6 Å². The van der Waals surface area contributed by atoms with Crippen LogP contribution in [-0.2, 0) is 9.53 Å². The molecule has 3 heterocycles. The van der Waals surface area contributed by atoms with Crippen LogP contribution in [0.15, 0.2) is 36.7 Å². The van der Waals surface area contributed by atoms with Crippen LogP contribution in [0, 0.1) is 11.8 Å². The summed E-state index contributed by atoms with van der Waals surface area (Å²) in [4.78, 5) is 38.9. The highest BCUT2D eigenvalue weighted by Gasteiger charge is 2.48. The van der Waals surface area contributed by atoms with Gasteiger partial charge in [-0.05, 0) is 30.9 Å². The first-order valence-corrected chi connectivity index (χ1v) is 11.7. The molecule has 0 spiro atoms. The zero-order chi connectivity index (χ0) is 26.1. The third-order valence-corrected chi connectivity index (χ3v) is 6.03. The number of fused-ring (bicyclic) bond motifs is 1. The highest BCUT2D eigenvalue weighted by Crippen LogP contribution is 2.33. The van der Waals surface area contributed by atoms with E-state index in [9.17, 15) is 19.8 Å². The van der Waals surface area contributed by atoms with Crippen LogP contribution in [-0.4, -0.2) is 84.5 Å². The Balaban J connectivity index is 1.31. The normalized spacial score (nSPS) is 22.8. The van der Waals surface area contributed by atoms with Crippen molar-refractivity contribution < 1.29 is 24.5 Å². The number of hydrogen-bond acceptors (Lipinski definition) is 9. The largest absolute Gasteiger partial charge is 0.387 e. The lowest BCUT2D eigenvalue weighted by atomic mass is 10.1. The summed E-state index contributed by atoms with van der Waals surface area (Å²) in [7, 11) is 1.60. The van der Waals surface area contributed by atoms with Gasteiger partial charge < -0.3 is 36.2 Å². The van der Waals surface area contributed by atoms with E-state index in [4.69, 9.17) is 10.5 Å². The van der Waals surface area contributed by atoms with E-state index in [0.29, 0.717) is 5.69 Å². The van der Waals surface area contributed by atoms with Gasteiger partial charge in [-0.15, -0.1) is 0 Å². The van der Waals surface area contributed by atoms with Crippen LogP contribution in [0.25, 0.3) is 11.2 Å². The van der Waals surface area contributed by atoms with E-state index in [1.54, 1.807) is 19.2 Å². The number of anilines is 2. The fraction of sp³-hybridized carbons (Fsp3) is 0.375. The van der Waals surface area contributed by atoms with Crippen molar-refractivity contribution in [2.75, 3.05) is 24.6 Å². The molecule has 2 aliphatic rings. The molecule has 6 N–H and O–H groups in total. The third-order valence-electron chi connectivity index (χ3n) is 6.03. The molecule has 4 atom stereocenters. The minimum absolute atomic E-state index is 0.0549. The molecule has 1 saturated carbocycles. The van der Waals surface area contributed by atoms with Crippen molar-refractivity contribution in [2.45, 2.75) is 43.4 Å². The summed E-state index contributed by atoms with van der Waals surface area (Å²) < 4.78 is 7.10. The standard InChI is InChI=1S/C24H26N8O5/c1-31(24(36)28-13-6-3-2-4-7-13)11-5-8-15-29-20(25)16-21(30-15)32(12-26-16)23-18(34)17(33)19(37-23)22(35)27-14-9-10-14/h2-4,6-7,12,14,17-19,23,33-34H,9-11H2,1H3,(H,27,35)(H,28,36)(H2,25,29,30)/t17-,18+,19-,23+/m0/s1. The van der Waals surface area contributed by atoms with Gasteiger partial charge in [-0.1, -0.05) is 24.1 Å². The molecule has 1 aliphatic carbocycles. The van der Waals surface area contributed by atoms with E-state index in [1.807, 2.05) is 18.2 Å². The number of carbonyl (C=O) groups excluding carboxylic acids is 2. The van der Waals surface area contributed by atoms with E-state index < -0.39 is 30.4 Å². The number of ether oxygens (including phenoxy) is 1. The second kappa shape index (κ2) is 10.0. The zero-order valence-electron chi connectivity index (χ0n) is 19.9. The summed E-state index contributed by atoms with van der Waals surface area (Å²) in [5.74, 6) is 5.25. The van der Waals surface area contributed by atoms with Gasteiger partial charge in [0.15, 0.2) is 23.8 Å². The summed E-state index contributed by atoms with van der Waals surface area (Å²) in [6.45, 7) is 0.0909. The number of amides is 3. The molecule has 3 amide bonds. The molecule has 5 rings (SSSR count). The van der Waals surface area contributed by atoms with Crippen LogP contribution in [0.5, 0.6) is 0 Å². The molecule has 13 heteroatoms. The van der Waals surface area contributed by atoms with Crippen molar-refractivity contribution in [2.24, 2.45) is 0 Å². The third kappa shape index (κ3) is 5.17. The van der Waals surface area contributed by atoms with Crippen molar-refractivity contribution in [1.29, 1.82) is 0 Å². The van der Waals surface area contributed by atoms with Gasteiger partial charge in [0.25, 0.3) is 5.91 Å². The molecule has 1 aromatic carbocycles. The number of aliphatic hydroxyl groups is 2. The first kappa shape index (κ1) is 24.4. The number of benzene rings is 1. The summed E-state index contributed by atoms with van der Waals surface area (Å²) in [6, 6.07) is 8.78. The topological polar surface area (TPSA) is 181 Å². The molecule has 0 radical (unpaired) electrons. The Labute approximate surface area is 211 Å². The van der Waals surface area contributed by atoms with Crippen molar-refractivity contribution in [3.63, 3.8) is 0 Å². The summed E-state index contributed by atoms with van der Waals surface area (Å²) in [5, 5.41) is 26.6. The van der Waals surface area contributed by atoms with Gasteiger partial charge in [-0.3, -0.25) is 9.36 Å². The number of nitrogen functional groups attached to an aromatic ring is 1. The van der Waals surface area contributed by atoms with Gasteiger partial charge in [0, 0.05) is 18.8 Å². The lowest BCUT2D eigenvalue weighted by Gasteiger charge is -2.16. The number of aliphatic hydroxyl groups excluding tert-OH is 2. The highest BCUT2D eigenvalue weighted by molar-refractivity contribution is 5.89. The zero-order valence-corrected chi connectivity index (χ0v) is 19.9. The van der Waals surface area contributed by atoms with E-state index in [2.05, 4.69) is 37.4 Å². The lowest BCUT2D eigenvalue weighted by molar-refractivity contribution is -0.137. The monoisotopic (exact) mass is 506 g/mol. The second-order valence-corrected chi connectivity index (χ2v) is 8.92. The van der Waals surface area contributed by atoms with Gasteiger partial charge in [0.2, 0.25) is 5.82 Å². The smallest absolute Gasteiger partial charge is 0.322 e. The Morgan fingerprint density at radius 2 is 1.97 bits per heavy atom. The first-order valence-electron chi connectivity index (χ1n) is 11.7. The molecular weight excluding hydrogens is 480 g/mol. The number of aromatic nitrogens is 4. The second-order valence-electron chi connectivity index (χ2n) is 8.92. The average molecular weight is 507 g/mol. The number of nitrogens with zero attached hydrogens (tertiary/aromatic N) is 5. The van der Waals surface area contributed by atoms with E-state index in [-0.39, 0.29) is 41.4 Å². The predicted molar refractivity (Wildman–Crippen MR) is 132 cm³/mol. The lowest BCUT2D eigenvalue weighted by Crippen LogP contribution is -2.43. The Morgan fingerprint density at radius 3 is 2.70 bits per heavy atom. The van der Waals surface area contributed by atoms with Crippen LogP contribution < -0.4 is 16.4 Å². The number of rotatable bonds is 5. The average Bonchev–Trinajstić information content (AvgIpc) is 3.52. The number of imidazole rings is 1. The SMILES string of the molecule is CN(CC#Cc1nc(N)c2ncn([C@@H]3O[C@H](C(=O)NC4CC4)[C@@H](O)[C@H]3O)c2n1)C(=O)Nc1ccccc1. The number of nitrogens with two attached hydrogens (primary N) is 1. The fourth-order valence-electron chi connectivity index (χ4n) is 3.85. The Bertz CT molecular complexity index is 1380. The maximum Gasteiger partial charge on any atom is 0.322 e. The van der Waals surface area contributed by atoms with Gasteiger partial charge in [0.05, 0.1) is 12.9 Å². The molecule has 2 aromatic heterocycles. The highest BCUT2D eigenvalue weighted by atomic mass is 16.6. The predicted octanol–water partition coefficient (Wildman–Crippen LogP) is -0.178. The van der Waals surface area contributed by atoms with Gasteiger partial charge in [0.1, 0.15) is 17.7 Å². The van der Waals surface area contributed by atoms with Crippen molar-refractivity contribution in [3.05, 3.63) is 42.5 Å². The van der Waals surface area contributed by atoms with Crippen LogP contribution >= 0.6 is 0 Å². The number of hydrogen-bond donors (Lipinski definition) is 5. The van der Waals surface area contributed by atoms with Crippen LogP contribution in [0.4, 0.5) is 16.3 Å². The minimum Gasteiger partial charge on any atom is -0.387 e. The molecule has 1 saturated heterocycles. The van der Waals surface area contributed by atoms with Crippen LogP contribution in [0.2, 0.25) is 0 Å². The summed E-state index contributed by atoms with van der Waals surface area (Å²) in [5.41, 5.74) is 7.18. The van der Waals surface area contributed by atoms with E-state index >= 15 is 0 Å². The maximum absolute atomic E-state index is 12.4. The van der Waals surface area contributed by atoms with Crippen molar-refractivity contribution in [3.8, 4) is 11.8 Å². The van der Waals surface area contributed by atoms with Crippen LogP contribution in [0.1, 0.15) is 24.9 Å². The van der Waals surface area contributed by atoms with Crippen LogP contribution in [0.3, 0.4) is 0 Å². The fourth-order valence-corrected chi connectivity index (χ4v) is 3.85. The van der Waals surface area contributed by atoms with Gasteiger partial charge in [-0.25, -0.2) is 19.7 Å². The Morgan fingerprint density at radius 1 is 1.22 bits per heavy atom. The quantitative estimate of drug-likeness (QED) is 0.293. The van der Waals surface area contributed by atoms with Gasteiger partial charge in [-0.2, -0.15) is 0 Å². The molecule has 1 aliphatic heterocycles. The van der Waals surface area contributed by atoms with Crippen molar-refractivity contribution in [1.82, 2.24) is 29.7 Å². The number of nitrogens with one attached hydrogen (secondary N) is 2. The number of urea groups is 1. The summed E-state index contributed by atoms with van der Waals surface area (Å²) in [6.07, 6.45) is -2.12. The Hall–Kier alpha value is -4.25. The molecular formula is C24H26N8O5. The molecule has 0 bridgehead atoms. The first-order chi connectivity index (χ1) is 17.8. The molecule has 3 aromatic rings. The van der Waals surface area contributed by atoms with E-state index in [1.165, 1.54) is 15.8 Å². The summed E-state index contributed by atoms with van der Waals surface area (Å²) >= 11 is 0. The molecule has 2 fully saturated rings. The number of carbonyl (C=O) groups is 2. The maximum atomic E-state index is 12.4. The number of para-hydroxylation sites is 1. The Kier molecular flexibility index (Phi) is 6.62. The molecule has 192 valence electrons. The molecule has 0 unspecified atom stereocenters. The van der Waals surface area contributed by atoms with E-state index in [0.717, 1.165) is 12.8 Å². The minimum atomic E-state index is -1.43. The van der Waals surface area contributed by atoms with Gasteiger partial charge >= 0.3 is 6.03 Å².